The maximum absolute atomic E-state index is 12.3. The molecule has 0 atom stereocenters. The quantitative estimate of drug-likeness (QED) is 0.687. The minimum Gasteiger partial charge on any atom is -0.508 e. The van der Waals surface area contributed by atoms with Gasteiger partial charge in [0, 0.05) is 31.3 Å². The number of aromatic hydroxyl groups is 1. The van der Waals surface area contributed by atoms with E-state index in [0.717, 1.165) is 24.5 Å². The number of hydrogen-bond acceptors (Lipinski definition) is 6. The van der Waals surface area contributed by atoms with Crippen molar-refractivity contribution < 1.29 is 14.6 Å². The fourth-order valence-electron chi connectivity index (χ4n) is 2.90. The average Bonchev–Trinajstić information content (AvgIpc) is 3.16. The molecule has 0 saturated carbocycles. The number of nitrogens with zero attached hydrogens (tertiary/aromatic N) is 4. The van der Waals surface area contributed by atoms with Crippen molar-refractivity contribution in [2.75, 3.05) is 36.5 Å². The molecule has 3 aromatic rings. The lowest BCUT2D eigenvalue weighted by Gasteiger charge is -2.29. The minimum absolute atomic E-state index is 0.186. The lowest BCUT2D eigenvalue weighted by atomic mass is 10.2. The summed E-state index contributed by atoms with van der Waals surface area (Å²) in [5.74, 6) is 1.23. The van der Waals surface area contributed by atoms with Crippen LogP contribution in [0.25, 0.3) is 11.7 Å². The highest BCUT2D eigenvalue weighted by Crippen LogP contribution is 2.21. The van der Waals surface area contributed by atoms with Crippen LogP contribution in [0.2, 0.25) is 0 Å². The summed E-state index contributed by atoms with van der Waals surface area (Å²) < 4.78 is 7.17. The van der Waals surface area contributed by atoms with E-state index in [1.165, 1.54) is 6.08 Å². The molecule has 8 nitrogen and oxygen atoms in total. The number of ether oxygens (including phenoxy) is 1. The molecule has 1 aliphatic heterocycles. The van der Waals surface area contributed by atoms with Crippen molar-refractivity contribution >= 4 is 29.3 Å². The van der Waals surface area contributed by atoms with Gasteiger partial charge in [-0.2, -0.15) is 9.61 Å². The lowest BCUT2D eigenvalue weighted by molar-refractivity contribution is -0.111. The number of carbonyl (C=O) groups is 1. The zero-order chi connectivity index (χ0) is 18.6. The Kier molecular flexibility index (Phi) is 4.71. The van der Waals surface area contributed by atoms with Crippen LogP contribution in [-0.2, 0) is 9.53 Å². The van der Waals surface area contributed by atoms with Gasteiger partial charge in [0.15, 0.2) is 5.65 Å². The number of benzene rings is 1. The predicted octanol–water partition coefficient (Wildman–Crippen LogP) is 1.92. The molecule has 1 saturated heterocycles. The van der Waals surface area contributed by atoms with Gasteiger partial charge in [-0.25, -0.2) is 4.98 Å². The third-order valence-corrected chi connectivity index (χ3v) is 4.25. The Morgan fingerprint density at radius 1 is 1.19 bits per heavy atom. The van der Waals surface area contributed by atoms with E-state index in [-0.39, 0.29) is 11.7 Å². The van der Waals surface area contributed by atoms with Crippen molar-refractivity contribution in [3.8, 4) is 5.75 Å². The molecule has 0 aliphatic carbocycles. The van der Waals surface area contributed by atoms with E-state index >= 15 is 0 Å². The molecule has 0 spiro atoms. The van der Waals surface area contributed by atoms with Gasteiger partial charge in [-0.05, 0) is 23.8 Å². The number of carbonyl (C=O) groups excluding carboxylic acids is 1. The molecular formula is C19H19N5O3. The molecule has 2 N–H and O–H groups in total. The van der Waals surface area contributed by atoms with Crippen LogP contribution in [0.15, 0.2) is 48.7 Å². The smallest absolute Gasteiger partial charge is 0.249 e. The maximum Gasteiger partial charge on any atom is 0.249 e. The molecule has 4 rings (SSSR count). The molecule has 0 radical (unpaired) electrons. The van der Waals surface area contributed by atoms with Crippen molar-refractivity contribution in [3.63, 3.8) is 0 Å². The second-order valence-corrected chi connectivity index (χ2v) is 6.11. The zero-order valence-electron chi connectivity index (χ0n) is 14.6. The molecule has 0 bridgehead atoms. The first-order valence-corrected chi connectivity index (χ1v) is 8.65. The van der Waals surface area contributed by atoms with Crippen LogP contribution in [0, 0.1) is 0 Å². The Bertz CT molecular complexity index is 975. The summed E-state index contributed by atoms with van der Waals surface area (Å²) in [4.78, 5) is 18.9. The standard InChI is InChI=1S/C19H19N5O3/c25-15-4-1-14(2-5-15)3-6-18(26)22-16-13-19(23-9-11-27-12-10-23)24-17(21-16)7-8-20-24/h1-8,13,25H,9-12H2,(H,21,22,26)/b6-3+. The molecule has 27 heavy (non-hydrogen) atoms. The number of aromatic nitrogens is 3. The summed E-state index contributed by atoms with van der Waals surface area (Å²) in [6.45, 7) is 2.82. The van der Waals surface area contributed by atoms with E-state index in [1.807, 2.05) is 6.07 Å². The van der Waals surface area contributed by atoms with Gasteiger partial charge in [0.1, 0.15) is 17.4 Å². The molecule has 1 aliphatic rings. The van der Waals surface area contributed by atoms with Gasteiger partial charge in [0.05, 0.1) is 19.4 Å². The van der Waals surface area contributed by atoms with E-state index in [9.17, 15) is 9.90 Å². The topological polar surface area (TPSA) is 92.0 Å². The third-order valence-electron chi connectivity index (χ3n) is 4.25. The summed E-state index contributed by atoms with van der Waals surface area (Å²) in [5.41, 5.74) is 1.48. The Morgan fingerprint density at radius 3 is 2.74 bits per heavy atom. The number of phenols is 1. The molecule has 1 fully saturated rings. The highest BCUT2D eigenvalue weighted by molar-refractivity contribution is 6.01. The number of nitrogens with one attached hydrogen (secondary N) is 1. The van der Waals surface area contributed by atoms with Gasteiger partial charge in [-0.1, -0.05) is 12.1 Å². The highest BCUT2D eigenvalue weighted by atomic mass is 16.5. The Labute approximate surface area is 155 Å². The van der Waals surface area contributed by atoms with Crippen molar-refractivity contribution in [1.82, 2.24) is 14.6 Å². The van der Waals surface area contributed by atoms with Crippen LogP contribution in [-0.4, -0.2) is 51.9 Å². The van der Waals surface area contributed by atoms with Crippen molar-refractivity contribution in [2.45, 2.75) is 0 Å². The van der Waals surface area contributed by atoms with Crippen LogP contribution < -0.4 is 10.2 Å². The maximum atomic E-state index is 12.3. The van der Waals surface area contributed by atoms with Gasteiger partial charge in [-0.15, -0.1) is 0 Å². The summed E-state index contributed by atoms with van der Waals surface area (Å²) in [6.07, 6.45) is 4.79. The molecule has 3 heterocycles. The number of anilines is 2. The van der Waals surface area contributed by atoms with E-state index in [0.29, 0.717) is 24.7 Å². The molecular weight excluding hydrogens is 346 g/mol. The molecule has 138 valence electrons. The van der Waals surface area contributed by atoms with Crippen molar-refractivity contribution in [1.29, 1.82) is 0 Å². The monoisotopic (exact) mass is 365 g/mol. The molecule has 1 aromatic carbocycles. The Hall–Kier alpha value is -3.39. The summed E-state index contributed by atoms with van der Waals surface area (Å²) in [6, 6.07) is 10.2. The first-order chi connectivity index (χ1) is 13.2. The average molecular weight is 365 g/mol. The Morgan fingerprint density at radius 2 is 1.96 bits per heavy atom. The lowest BCUT2D eigenvalue weighted by Crippen LogP contribution is -2.37. The van der Waals surface area contributed by atoms with Gasteiger partial charge < -0.3 is 20.1 Å². The molecule has 0 unspecified atom stereocenters. The van der Waals surface area contributed by atoms with Crippen LogP contribution in [0.3, 0.4) is 0 Å². The number of morpholine rings is 1. The van der Waals surface area contributed by atoms with Crippen LogP contribution >= 0.6 is 0 Å². The summed E-state index contributed by atoms with van der Waals surface area (Å²) in [5, 5.41) is 16.4. The number of amides is 1. The number of rotatable bonds is 4. The fourth-order valence-corrected chi connectivity index (χ4v) is 2.90. The minimum atomic E-state index is -0.285. The molecule has 8 heteroatoms. The first-order valence-electron chi connectivity index (χ1n) is 8.65. The van der Waals surface area contributed by atoms with Gasteiger partial charge in [-0.3, -0.25) is 4.79 Å². The summed E-state index contributed by atoms with van der Waals surface area (Å²) >= 11 is 0. The summed E-state index contributed by atoms with van der Waals surface area (Å²) in [7, 11) is 0. The first kappa shape index (κ1) is 17.0. The molecule has 1 amide bonds. The van der Waals surface area contributed by atoms with Gasteiger partial charge in [0.2, 0.25) is 5.91 Å². The second kappa shape index (κ2) is 7.46. The van der Waals surface area contributed by atoms with E-state index in [4.69, 9.17) is 4.74 Å². The predicted molar refractivity (Wildman–Crippen MR) is 102 cm³/mol. The van der Waals surface area contributed by atoms with Crippen LogP contribution in [0.1, 0.15) is 5.56 Å². The van der Waals surface area contributed by atoms with Gasteiger partial charge in [0.25, 0.3) is 0 Å². The van der Waals surface area contributed by atoms with Gasteiger partial charge >= 0.3 is 0 Å². The largest absolute Gasteiger partial charge is 0.508 e. The van der Waals surface area contributed by atoms with E-state index < -0.39 is 0 Å². The van der Waals surface area contributed by atoms with E-state index in [2.05, 4.69) is 20.3 Å². The molecule has 2 aromatic heterocycles. The van der Waals surface area contributed by atoms with Crippen molar-refractivity contribution in [3.05, 3.63) is 54.2 Å². The fraction of sp³-hybridized carbons (Fsp3) is 0.211. The van der Waals surface area contributed by atoms with Crippen LogP contribution in [0.5, 0.6) is 5.75 Å². The Balaban J connectivity index is 1.54. The number of phenolic OH excluding ortho intramolecular Hbond substituents is 1. The SMILES string of the molecule is O=C(/C=C/c1ccc(O)cc1)Nc1cc(N2CCOCC2)n2nccc2n1. The highest BCUT2D eigenvalue weighted by Gasteiger charge is 2.17. The third kappa shape index (κ3) is 3.90. The van der Waals surface area contributed by atoms with E-state index in [1.54, 1.807) is 47.1 Å². The number of hydrogen-bond donors (Lipinski definition) is 2. The number of fused-ring (bicyclic) bond motifs is 1. The van der Waals surface area contributed by atoms with Crippen LogP contribution in [0.4, 0.5) is 11.6 Å². The van der Waals surface area contributed by atoms with Crippen molar-refractivity contribution in [2.24, 2.45) is 0 Å². The normalized spacial score (nSPS) is 14.7. The zero-order valence-corrected chi connectivity index (χ0v) is 14.6. The second-order valence-electron chi connectivity index (χ2n) is 6.11.